The average Bonchev–Trinajstić information content (AvgIpc) is 0.717. The van der Waals surface area contributed by atoms with Crippen molar-refractivity contribution < 1.29 is 43.8 Å². The number of ether oxygens (including phenoxy) is 2. The van der Waals surface area contributed by atoms with E-state index in [1.165, 1.54) is 0 Å². The third-order valence-electron chi connectivity index (χ3n) is 17.5. The molecule has 0 aliphatic carbocycles. The van der Waals surface area contributed by atoms with Gasteiger partial charge in [0.25, 0.3) is 0 Å². The molecule has 0 aliphatic heterocycles. The van der Waals surface area contributed by atoms with E-state index in [4.69, 9.17) is 34.2 Å². The van der Waals surface area contributed by atoms with Crippen LogP contribution >= 0.6 is 0 Å². The van der Waals surface area contributed by atoms with Gasteiger partial charge in [0.2, 0.25) is 16.6 Å². The second kappa shape index (κ2) is 33.0. The summed E-state index contributed by atoms with van der Waals surface area (Å²) in [4.78, 5) is 24.7. The molecule has 0 N–H and O–H groups in total. The summed E-state index contributed by atoms with van der Waals surface area (Å²) in [5, 5.41) is 8.02. The Morgan fingerprint density at radius 2 is 0.474 bits per heavy atom. The highest BCUT2D eigenvalue weighted by atomic mass is 28.5. The van der Waals surface area contributed by atoms with E-state index in [2.05, 4.69) is 321 Å². The number of rotatable bonds is 36. The topological polar surface area (TPSA) is 108 Å². The van der Waals surface area contributed by atoms with Crippen LogP contribution in [-0.4, -0.2) is 101 Å². The van der Waals surface area contributed by atoms with Crippen molar-refractivity contribution in [1.29, 1.82) is 0 Å². The fraction of sp³-hybridized carbons (Fsp3) is 0.289. The third-order valence-corrected chi connectivity index (χ3v) is 56.0. The summed E-state index contributed by atoms with van der Waals surface area (Å²) in [7, 11) is -28.6. The quantitative estimate of drug-likeness (QED) is 0.0163. The minimum atomic E-state index is -4.37. The van der Waals surface area contributed by atoms with Gasteiger partial charge in [-0.2, -0.15) is 0 Å². The lowest BCUT2D eigenvalue weighted by Crippen LogP contribution is -2.82. The van der Waals surface area contributed by atoms with Gasteiger partial charge in [-0.05, 0) is 170 Å². The maximum atomic E-state index is 12.3. The van der Waals surface area contributed by atoms with Crippen LogP contribution < -0.4 is 41.5 Å². The molecule has 19 heteroatoms. The molecule has 0 fully saturated rings. The van der Waals surface area contributed by atoms with Crippen LogP contribution in [0.3, 0.4) is 0 Å². The largest absolute Gasteiger partial charge is 0.462 e. The van der Waals surface area contributed by atoms with E-state index in [-0.39, 0.29) is 11.9 Å². The number of carbonyl (C=O) groups is 2. The van der Waals surface area contributed by atoms with E-state index < -0.39 is 75.6 Å². The Morgan fingerprint density at radius 3 is 0.695 bits per heavy atom. The minimum absolute atomic E-state index is 0.337. The molecule has 0 spiro atoms. The van der Waals surface area contributed by atoms with Gasteiger partial charge in [0, 0.05) is 11.1 Å². The molecule has 8 aromatic rings. The van der Waals surface area contributed by atoms with Crippen molar-refractivity contribution in [3.8, 4) is 0 Å². The van der Waals surface area contributed by atoms with Crippen LogP contribution in [0, 0.1) is 0 Å². The lowest BCUT2D eigenvalue weighted by atomic mass is 10.4. The van der Waals surface area contributed by atoms with E-state index in [1.807, 2.05) is 0 Å². The molecule has 0 saturated carbocycles. The fourth-order valence-corrected chi connectivity index (χ4v) is 61.4. The summed E-state index contributed by atoms with van der Waals surface area (Å²) in [6.45, 7) is 34.9. The van der Waals surface area contributed by atoms with Gasteiger partial charge >= 0.3 is 37.6 Å². The van der Waals surface area contributed by atoms with Crippen LogP contribution in [0.5, 0.6) is 0 Å². The zero-order valence-electron chi connectivity index (χ0n) is 58.2. The van der Waals surface area contributed by atoms with Crippen LogP contribution in [0.4, 0.5) is 0 Å². The van der Waals surface area contributed by atoms with Crippen molar-refractivity contribution in [2.24, 2.45) is 0 Å². The van der Waals surface area contributed by atoms with Crippen molar-refractivity contribution in [3.63, 3.8) is 0 Å². The molecule has 0 heterocycles. The molecule has 2 atom stereocenters. The Balaban J connectivity index is 1.34. The number of hydrogen-bond acceptors (Lipinski definition) is 10. The molecule has 0 aliphatic rings. The zero-order chi connectivity index (χ0) is 68.4. The molecule has 95 heavy (non-hydrogen) atoms. The number of carbonyl (C=O) groups excluding carboxylic acids is 2. The van der Waals surface area contributed by atoms with E-state index in [1.54, 1.807) is 13.8 Å². The van der Waals surface area contributed by atoms with Gasteiger partial charge < -0.3 is 34.2 Å². The van der Waals surface area contributed by atoms with Gasteiger partial charge in [-0.25, -0.2) is 9.59 Å². The molecule has 8 rings (SSSR count). The van der Waals surface area contributed by atoms with Crippen LogP contribution in [0.25, 0.3) is 0 Å². The highest BCUT2D eigenvalue weighted by molar-refractivity contribution is 7.13. The Morgan fingerprint density at radius 1 is 0.274 bits per heavy atom. The Kier molecular flexibility index (Phi) is 25.9. The van der Waals surface area contributed by atoms with Crippen molar-refractivity contribution in [2.45, 2.75) is 128 Å². The van der Waals surface area contributed by atoms with Crippen LogP contribution in [-0.2, 0) is 43.8 Å². The fourth-order valence-electron chi connectivity index (χ4n) is 12.7. The predicted molar refractivity (Wildman–Crippen MR) is 415 cm³/mol. The summed E-state index contributed by atoms with van der Waals surface area (Å²) in [6, 6.07) is 91.0. The standard InChI is InChI=1S/C76H100O10Si9/c1-65(2)75(77)79-57-39-59-87(5,6)81-89(9,10)61-63-91(13,67-41-23-15-24-42-67)83-93(69-45-27-17-28-46-69,70-47-29-18-30-48-70)85-95(73-53-35-21-36-54-73,74-55-37-22-38-56-74)86-94(71-49-31-19-32-50-71,72-51-33-20-34-52-72)84-92(14,68-43-25-16-26-44-68)64-62-90(11,12)82-88(7,8)60-40-58-80-76(78)66(3)4/h15-38,41-56H,1,3,39-40,57-64H2,2,4-14H3. The van der Waals surface area contributed by atoms with E-state index >= 15 is 0 Å². The molecular formula is C76H100O10Si9. The van der Waals surface area contributed by atoms with Gasteiger partial charge in [-0.1, -0.05) is 256 Å². The van der Waals surface area contributed by atoms with Crippen molar-refractivity contribution in [2.75, 3.05) is 13.2 Å². The molecule has 0 saturated heterocycles. The molecular weight excluding hydrogens is 1330 g/mol. The second-order valence-electron chi connectivity index (χ2n) is 27.9. The first-order valence-electron chi connectivity index (χ1n) is 33.5. The number of hydrogen-bond donors (Lipinski definition) is 0. The molecule has 0 bridgehead atoms. The van der Waals surface area contributed by atoms with Gasteiger partial charge in [0.15, 0.2) is 33.3 Å². The maximum Gasteiger partial charge on any atom is 0.390 e. The van der Waals surface area contributed by atoms with Gasteiger partial charge in [0.05, 0.1) is 13.2 Å². The average molecular weight is 1430 g/mol. The maximum absolute atomic E-state index is 12.3. The van der Waals surface area contributed by atoms with E-state index in [0.717, 1.165) is 90.6 Å². The first kappa shape index (κ1) is 74.7. The van der Waals surface area contributed by atoms with E-state index in [0.29, 0.717) is 24.4 Å². The van der Waals surface area contributed by atoms with Gasteiger partial charge in [0.1, 0.15) is 0 Å². The summed E-state index contributed by atoms with van der Waals surface area (Å²) < 4.78 is 61.7. The monoisotopic (exact) mass is 1420 g/mol. The summed E-state index contributed by atoms with van der Waals surface area (Å²) in [5.74, 6) is -0.715. The van der Waals surface area contributed by atoms with Crippen molar-refractivity contribution in [3.05, 3.63) is 267 Å². The van der Waals surface area contributed by atoms with Crippen molar-refractivity contribution in [1.82, 2.24) is 0 Å². The highest BCUT2D eigenvalue weighted by Gasteiger charge is 2.63. The summed E-state index contributed by atoms with van der Waals surface area (Å²) in [5.41, 5.74) is 0.805. The molecule has 0 radical (unpaired) electrons. The Bertz CT molecular complexity index is 3400. The third kappa shape index (κ3) is 20.0. The lowest BCUT2D eigenvalue weighted by Gasteiger charge is -2.50. The number of benzene rings is 8. The first-order chi connectivity index (χ1) is 45.2. The molecule has 500 valence electrons. The Labute approximate surface area is 577 Å². The molecule has 2 unspecified atom stereocenters. The molecule has 8 aromatic carbocycles. The highest BCUT2D eigenvalue weighted by Crippen LogP contribution is 2.35. The Hall–Kier alpha value is -6.11. The zero-order valence-corrected chi connectivity index (χ0v) is 67.2. The van der Waals surface area contributed by atoms with E-state index in [9.17, 15) is 9.59 Å². The van der Waals surface area contributed by atoms with Gasteiger partial charge in [-0.15, -0.1) is 0 Å². The molecule has 0 aromatic heterocycles. The lowest BCUT2D eigenvalue weighted by molar-refractivity contribution is -0.139. The molecule has 10 nitrogen and oxygen atoms in total. The first-order valence-corrected chi connectivity index (χ1v) is 56.6. The van der Waals surface area contributed by atoms with Crippen LogP contribution in [0.2, 0.25) is 102 Å². The normalized spacial score (nSPS) is 13.9. The summed E-state index contributed by atoms with van der Waals surface area (Å²) >= 11 is 0. The SMILES string of the molecule is C=C(C)C(=O)OCCC[Si](C)(C)O[Si](C)(C)CC[Si](C)(O[Si](O[Si](O[Si](O[Si](C)(CC[Si](C)(C)O[Si](C)(C)CCCOC(=O)C(=C)C)c1ccccc1)(c1ccccc1)c1ccccc1)(c1ccccc1)c1ccccc1)(c1ccccc1)c1ccccc1)c1ccccc1. The molecule has 0 amide bonds. The minimum Gasteiger partial charge on any atom is -0.462 e. The predicted octanol–water partition coefficient (Wildman–Crippen LogP) is 13.7. The van der Waals surface area contributed by atoms with Crippen LogP contribution in [0.15, 0.2) is 267 Å². The smallest absolute Gasteiger partial charge is 0.390 e. The number of esters is 2. The second-order valence-corrected chi connectivity index (χ2v) is 63.1. The van der Waals surface area contributed by atoms with Crippen molar-refractivity contribution >= 4 is 129 Å². The van der Waals surface area contributed by atoms with Crippen LogP contribution in [0.1, 0.15) is 26.7 Å². The van der Waals surface area contributed by atoms with Gasteiger partial charge in [-0.3, -0.25) is 0 Å². The summed E-state index contributed by atoms with van der Waals surface area (Å²) in [6.07, 6.45) is 1.45.